The first-order valence-corrected chi connectivity index (χ1v) is 7.86. The van der Waals surface area contributed by atoms with Crippen LogP contribution < -0.4 is 5.73 Å². The van der Waals surface area contributed by atoms with E-state index in [1.807, 2.05) is 51.1 Å². The quantitative estimate of drug-likeness (QED) is 0.774. The minimum Gasteiger partial charge on any atom is -0.443 e. The van der Waals surface area contributed by atoms with Gasteiger partial charge in [0.2, 0.25) is 0 Å². The molecule has 6 heteroatoms. The number of pyridine rings is 1. The Balaban J connectivity index is 2.15. The van der Waals surface area contributed by atoms with Crippen LogP contribution in [-0.4, -0.2) is 27.2 Å². The maximum Gasteiger partial charge on any atom is 0.419 e. The summed E-state index contributed by atoms with van der Waals surface area (Å²) in [6.45, 7) is 5.46. The molecule has 0 unspecified atom stereocenters. The number of hydrogen-bond acceptors (Lipinski definition) is 4. The van der Waals surface area contributed by atoms with Gasteiger partial charge in [-0.1, -0.05) is 18.2 Å². The summed E-state index contributed by atoms with van der Waals surface area (Å²) >= 11 is 0. The van der Waals surface area contributed by atoms with E-state index in [4.69, 9.17) is 10.5 Å². The monoisotopic (exact) mass is 337 g/mol. The van der Waals surface area contributed by atoms with Gasteiger partial charge in [0.15, 0.2) is 0 Å². The smallest absolute Gasteiger partial charge is 0.419 e. The molecule has 0 saturated heterocycles. The number of amides is 1. The minimum atomic E-state index is -0.617. The molecule has 0 bridgehead atoms. The van der Waals surface area contributed by atoms with Gasteiger partial charge in [0, 0.05) is 17.1 Å². The summed E-state index contributed by atoms with van der Waals surface area (Å²) in [6, 6.07) is 12.7. The molecule has 0 aliphatic carbocycles. The summed E-state index contributed by atoms with van der Waals surface area (Å²) in [5, 5.41) is 0.905. The van der Waals surface area contributed by atoms with E-state index < -0.39 is 17.6 Å². The van der Waals surface area contributed by atoms with E-state index in [0.717, 1.165) is 10.9 Å². The lowest BCUT2D eigenvalue weighted by Gasteiger charge is -2.21. The summed E-state index contributed by atoms with van der Waals surface area (Å²) in [4.78, 5) is 28.0. The Labute approximate surface area is 145 Å². The lowest BCUT2D eigenvalue weighted by atomic mass is 10.2. The van der Waals surface area contributed by atoms with Crippen LogP contribution in [0.2, 0.25) is 0 Å². The molecule has 1 amide bonds. The number of nitrogens with zero attached hydrogens (tertiary/aromatic N) is 2. The largest absolute Gasteiger partial charge is 0.443 e. The van der Waals surface area contributed by atoms with E-state index in [2.05, 4.69) is 4.98 Å². The third-order valence-corrected chi connectivity index (χ3v) is 3.60. The molecule has 128 valence electrons. The van der Waals surface area contributed by atoms with Crippen molar-refractivity contribution in [3.05, 3.63) is 54.4 Å². The number of fused-ring (bicyclic) bond motifs is 1. The average Bonchev–Trinajstić information content (AvgIpc) is 2.93. The molecular formula is C19H19N3O3. The van der Waals surface area contributed by atoms with Crippen LogP contribution in [-0.2, 0) is 4.74 Å². The van der Waals surface area contributed by atoms with Gasteiger partial charge in [-0.15, -0.1) is 0 Å². The molecule has 2 aromatic heterocycles. The summed E-state index contributed by atoms with van der Waals surface area (Å²) < 4.78 is 7.06. The third-order valence-electron chi connectivity index (χ3n) is 3.60. The van der Waals surface area contributed by atoms with Crippen molar-refractivity contribution < 1.29 is 14.3 Å². The zero-order valence-corrected chi connectivity index (χ0v) is 14.3. The van der Waals surface area contributed by atoms with Crippen LogP contribution in [0.4, 0.5) is 4.79 Å². The lowest BCUT2D eigenvalue weighted by molar-refractivity contribution is 0.0547. The van der Waals surface area contributed by atoms with Crippen molar-refractivity contribution in [1.29, 1.82) is 0 Å². The molecule has 0 spiro atoms. The van der Waals surface area contributed by atoms with Gasteiger partial charge in [-0.3, -0.25) is 9.78 Å². The Bertz CT molecular complexity index is 950. The van der Waals surface area contributed by atoms with Gasteiger partial charge in [-0.25, -0.2) is 9.36 Å². The average molecular weight is 337 g/mol. The number of benzene rings is 1. The number of carbonyl (C=O) groups is 2. The standard InChI is InChI=1S/C19H19N3O3/c1-19(2,3)25-18(24)22-15-7-5-4-6-12(15)10-16(22)13-8-9-14(17(20)23)21-11-13/h4-11H,1-3H3,(H2,20,23). The van der Waals surface area contributed by atoms with E-state index in [1.54, 1.807) is 6.07 Å². The molecule has 0 saturated carbocycles. The SMILES string of the molecule is CC(C)(C)OC(=O)n1c(-c2ccc(C(N)=O)nc2)cc2ccccc21. The molecule has 0 fully saturated rings. The predicted molar refractivity (Wildman–Crippen MR) is 95.3 cm³/mol. The third kappa shape index (κ3) is 3.38. The van der Waals surface area contributed by atoms with Crippen LogP contribution >= 0.6 is 0 Å². The van der Waals surface area contributed by atoms with Gasteiger partial charge in [0.05, 0.1) is 11.2 Å². The van der Waals surface area contributed by atoms with E-state index in [0.29, 0.717) is 11.3 Å². The van der Waals surface area contributed by atoms with Crippen LogP contribution in [0.25, 0.3) is 22.2 Å². The predicted octanol–water partition coefficient (Wildman–Crippen LogP) is 3.59. The van der Waals surface area contributed by atoms with Gasteiger partial charge >= 0.3 is 6.09 Å². The van der Waals surface area contributed by atoms with Crippen LogP contribution in [0.3, 0.4) is 0 Å². The minimum absolute atomic E-state index is 0.170. The normalized spacial score (nSPS) is 11.5. The maximum atomic E-state index is 12.8. The van der Waals surface area contributed by atoms with Crippen LogP contribution in [0.1, 0.15) is 31.3 Å². The van der Waals surface area contributed by atoms with Crippen molar-refractivity contribution in [1.82, 2.24) is 9.55 Å². The number of nitrogens with two attached hydrogens (primary N) is 1. The molecule has 0 atom stereocenters. The molecule has 25 heavy (non-hydrogen) atoms. The van der Waals surface area contributed by atoms with Crippen molar-refractivity contribution in [2.75, 3.05) is 0 Å². The highest BCUT2D eigenvalue weighted by molar-refractivity contribution is 5.96. The fraction of sp³-hybridized carbons (Fsp3) is 0.211. The molecule has 6 nitrogen and oxygen atoms in total. The number of hydrogen-bond donors (Lipinski definition) is 1. The fourth-order valence-corrected chi connectivity index (χ4v) is 2.56. The highest BCUT2D eigenvalue weighted by atomic mass is 16.6. The van der Waals surface area contributed by atoms with Crippen molar-refractivity contribution in [3.63, 3.8) is 0 Å². The zero-order chi connectivity index (χ0) is 18.2. The van der Waals surface area contributed by atoms with Crippen molar-refractivity contribution in [2.24, 2.45) is 5.73 Å². The summed E-state index contributed by atoms with van der Waals surface area (Å²) in [5.74, 6) is -0.598. The van der Waals surface area contributed by atoms with Gasteiger partial charge in [-0.2, -0.15) is 0 Å². The topological polar surface area (TPSA) is 87.2 Å². The Kier molecular flexibility index (Phi) is 4.04. The Hall–Kier alpha value is -3.15. The van der Waals surface area contributed by atoms with Gasteiger partial charge in [-0.05, 0) is 45.0 Å². The molecule has 1 aromatic carbocycles. The zero-order valence-electron chi connectivity index (χ0n) is 14.3. The number of primary amides is 1. The summed E-state index contributed by atoms with van der Waals surface area (Å²) in [7, 11) is 0. The Morgan fingerprint density at radius 2 is 1.84 bits per heavy atom. The molecule has 2 N–H and O–H groups in total. The molecular weight excluding hydrogens is 318 g/mol. The lowest BCUT2D eigenvalue weighted by Crippen LogP contribution is -2.27. The van der Waals surface area contributed by atoms with Crippen molar-refractivity contribution >= 4 is 22.9 Å². The molecule has 2 heterocycles. The second kappa shape index (κ2) is 6.05. The van der Waals surface area contributed by atoms with Crippen LogP contribution in [0.5, 0.6) is 0 Å². The van der Waals surface area contributed by atoms with Gasteiger partial charge < -0.3 is 10.5 Å². The number of ether oxygens (including phenoxy) is 1. The second-order valence-corrected chi connectivity index (χ2v) is 6.70. The molecule has 3 rings (SSSR count). The van der Waals surface area contributed by atoms with E-state index in [1.165, 1.54) is 16.8 Å². The first-order chi connectivity index (χ1) is 11.8. The Morgan fingerprint density at radius 1 is 1.12 bits per heavy atom. The van der Waals surface area contributed by atoms with Gasteiger partial charge in [0.1, 0.15) is 11.3 Å². The first kappa shape index (κ1) is 16.7. The van der Waals surface area contributed by atoms with E-state index >= 15 is 0 Å². The highest BCUT2D eigenvalue weighted by Gasteiger charge is 2.22. The molecule has 0 aliphatic rings. The summed E-state index contributed by atoms with van der Waals surface area (Å²) in [6.07, 6.45) is 1.05. The number of rotatable bonds is 2. The highest BCUT2D eigenvalue weighted by Crippen LogP contribution is 2.29. The van der Waals surface area contributed by atoms with Crippen LogP contribution in [0, 0.1) is 0 Å². The first-order valence-electron chi connectivity index (χ1n) is 7.86. The van der Waals surface area contributed by atoms with E-state index in [-0.39, 0.29) is 5.69 Å². The second-order valence-electron chi connectivity index (χ2n) is 6.70. The number of carbonyl (C=O) groups excluding carboxylic acids is 2. The Morgan fingerprint density at radius 3 is 2.44 bits per heavy atom. The fourth-order valence-electron chi connectivity index (χ4n) is 2.56. The number of aromatic nitrogens is 2. The molecule has 0 aliphatic heterocycles. The van der Waals surface area contributed by atoms with Crippen molar-refractivity contribution in [2.45, 2.75) is 26.4 Å². The summed E-state index contributed by atoms with van der Waals surface area (Å²) in [5.41, 5.74) is 6.85. The number of para-hydroxylation sites is 1. The molecule has 3 aromatic rings. The van der Waals surface area contributed by atoms with Crippen molar-refractivity contribution in [3.8, 4) is 11.3 Å². The van der Waals surface area contributed by atoms with Crippen LogP contribution in [0.15, 0.2) is 48.7 Å². The molecule has 0 radical (unpaired) electrons. The van der Waals surface area contributed by atoms with E-state index in [9.17, 15) is 9.59 Å². The maximum absolute atomic E-state index is 12.8. The van der Waals surface area contributed by atoms with Gasteiger partial charge in [0.25, 0.3) is 5.91 Å².